The third kappa shape index (κ3) is 4.97. The van der Waals surface area contributed by atoms with Gasteiger partial charge in [0, 0.05) is 11.4 Å². The first kappa shape index (κ1) is 16.8. The molecule has 2 rings (SSSR count). The fourth-order valence-corrected chi connectivity index (χ4v) is 2.36. The maximum Gasteiger partial charge on any atom is 0.323 e. The summed E-state index contributed by atoms with van der Waals surface area (Å²) in [5, 5.41) is 5.09. The highest BCUT2D eigenvalue weighted by molar-refractivity contribution is 7.85. The van der Waals surface area contributed by atoms with E-state index in [9.17, 15) is 13.2 Å². The largest absolute Gasteiger partial charge is 0.494 e. The Morgan fingerprint density at radius 1 is 1.09 bits per heavy atom. The molecule has 0 fully saturated rings. The van der Waals surface area contributed by atoms with Crippen LogP contribution in [0.2, 0.25) is 0 Å². The van der Waals surface area contributed by atoms with Gasteiger partial charge in [0.2, 0.25) is 0 Å². The van der Waals surface area contributed by atoms with E-state index in [1.165, 1.54) is 18.2 Å². The number of hydrogen-bond acceptors (Lipinski definition) is 4. The van der Waals surface area contributed by atoms with Gasteiger partial charge in [0.25, 0.3) is 10.1 Å². The monoisotopic (exact) mass is 336 g/mol. The van der Waals surface area contributed by atoms with Gasteiger partial charge in [-0.3, -0.25) is 4.55 Å². The third-order valence-electron chi connectivity index (χ3n) is 2.81. The van der Waals surface area contributed by atoms with Crippen LogP contribution in [0.4, 0.5) is 16.2 Å². The number of nitrogens with one attached hydrogen (secondary N) is 2. The lowest BCUT2D eigenvalue weighted by Crippen LogP contribution is -2.19. The molecule has 0 atom stereocenters. The Labute approximate surface area is 134 Å². The summed E-state index contributed by atoms with van der Waals surface area (Å²) >= 11 is 0. The van der Waals surface area contributed by atoms with Crippen molar-refractivity contribution < 1.29 is 22.5 Å². The average Bonchev–Trinajstić information content (AvgIpc) is 2.49. The third-order valence-corrected chi connectivity index (χ3v) is 3.66. The van der Waals surface area contributed by atoms with Crippen LogP contribution in [-0.4, -0.2) is 25.6 Å². The van der Waals surface area contributed by atoms with E-state index < -0.39 is 16.1 Å². The van der Waals surface area contributed by atoms with E-state index >= 15 is 0 Å². The van der Waals surface area contributed by atoms with Gasteiger partial charge in [0.1, 0.15) is 5.75 Å². The van der Waals surface area contributed by atoms with E-state index in [2.05, 4.69) is 10.6 Å². The number of anilines is 2. The average molecular weight is 336 g/mol. The van der Waals surface area contributed by atoms with Gasteiger partial charge in [-0.2, -0.15) is 8.42 Å². The van der Waals surface area contributed by atoms with E-state index in [-0.39, 0.29) is 10.6 Å². The quantitative estimate of drug-likeness (QED) is 0.728. The Morgan fingerprint density at radius 3 is 2.35 bits per heavy atom. The normalized spacial score (nSPS) is 10.9. The highest BCUT2D eigenvalue weighted by Gasteiger charge is 2.10. The first-order chi connectivity index (χ1) is 10.9. The van der Waals surface area contributed by atoms with Crippen molar-refractivity contribution in [2.24, 2.45) is 0 Å². The lowest BCUT2D eigenvalue weighted by Gasteiger charge is -2.09. The predicted octanol–water partition coefficient (Wildman–Crippen LogP) is 2.98. The molecule has 0 aliphatic rings. The molecule has 122 valence electrons. The van der Waals surface area contributed by atoms with Gasteiger partial charge in [0.15, 0.2) is 0 Å². The van der Waals surface area contributed by atoms with E-state index in [1.807, 2.05) is 6.92 Å². The van der Waals surface area contributed by atoms with E-state index in [0.717, 1.165) is 6.07 Å². The molecule has 2 aromatic rings. The second-order valence-electron chi connectivity index (χ2n) is 4.54. The van der Waals surface area contributed by atoms with Crippen LogP contribution < -0.4 is 15.4 Å². The molecule has 23 heavy (non-hydrogen) atoms. The summed E-state index contributed by atoms with van der Waals surface area (Å²) in [4.78, 5) is 11.6. The van der Waals surface area contributed by atoms with Crippen LogP contribution in [0.5, 0.6) is 5.75 Å². The molecule has 8 heteroatoms. The highest BCUT2D eigenvalue weighted by Crippen LogP contribution is 2.17. The van der Waals surface area contributed by atoms with Gasteiger partial charge in [-0.15, -0.1) is 0 Å². The van der Waals surface area contributed by atoms with Crippen LogP contribution >= 0.6 is 0 Å². The van der Waals surface area contributed by atoms with Crippen molar-refractivity contribution in [3.05, 3.63) is 48.5 Å². The second kappa shape index (κ2) is 7.12. The van der Waals surface area contributed by atoms with Crippen LogP contribution in [0.25, 0.3) is 0 Å². The molecule has 2 aromatic carbocycles. The zero-order chi connectivity index (χ0) is 16.9. The maximum absolute atomic E-state index is 11.9. The van der Waals surface area contributed by atoms with Crippen LogP contribution in [0.15, 0.2) is 53.4 Å². The fraction of sp³-hybridized carbons (Fsp3) is 0.133. The summed E-state index contributed by atoms with van der Waals surface area (Å²) in [7, 11) is -4.32. The van der Waals surface area contributed by atoms with Crippen molar-refractivity contribution in [3.8, 4) is 5.75 Å². The number of carbonyl (C=O) groups excluding carboxylic acids is 1. The van der Waals surface area contributed by atoms with Crippen LogP contribution in [0, 0.1) is 0 Å². The summed E-state index contributed by atoms with van der Waals surface area (Å²) in [6, 6.07) is 11.6. The van der Waals surface area contributed by atoms with Gasteiger partial charge in [-0.05, 0) is 49.4 Å². The maximum atomic E-state index is 11.9. The van der Waals surface area contributed by atoms with Crippen LogP contribution in [0.3, 0.4) is 0 Å². The summed E-state index contributed by atoms with van der Waals surface area (Å²) in [5.74, 6) is 0.694. The van der Waals surface area contributed by atoms with Crippen molar-refractivity contribution >= 4 is 27.5 Å². The molecule has 0 aromatic heterocycles. The predicted molar refractivity (Wildman–Crippen MR) is 86.5 cm³/mol. The minimum Gasteiger partial charge on any atom is -0.494 e. The summed E-state index contributed by atoms with van der Waals surface area (Å²) in [6.45, 7) is 2.43. The number of benzene rings is 2. The zero-order valence-electron chi connectivity index (χ0n) is 12.3. The van der Waals surface area contributed by atoms with Crippen LogP contribution in [0.1, 0.15) is 6.92 Å². The molecule has 0 saturated heterocycles. The highest BCUT2D eigenvalue weighted by atomic mass is 32.2. The van der Waals surface area contributed by atoms with Crippen LogP contribution in [-0.2, 0) is 10.1 Å². The molecule has 3 N–H and O–H groups in total. The lowest BCUT2D eigenvalue weighted by atomic mass is 10.3. The Kier molecular flexibility index (Phi) is 5.20. The summed E-state index contributed by atoms with van der Waals surface area (Å²) < 4.78 is 36.4. The number of hydrogen-bond donors (Lipinski definition) is 3. The minimum atomic E-state index is -4.32. The molecule has 0 heterocycles. The van der Waals surface area contributed by atoms with Gasteiger partial charge in [0.05, 0.1) is 11.5 Å². The van der Waals surface area contributed by atoms with Crippen molar-refractivity contribution in [1.29, 1.82) is 0 Å². The Bertz CT molecular complexity index is 788. The molecule has 0 spiro atoms. The summed E-state index contributed by atoms with van der Waals surface area (Å²) in [6.07, 6.45) is 0. The molecule has 0 unspecified atom stereocenters. The van der Waals surface area contributed by atoms with Gasteiger partial charge in [-0.25, -0.2) is 4.79 Å². The SMILES string of the molecule is CCOc1ccc(NC(=O)Nc2cccc(S(=O)(=O)O)c2)cc1. The summed E-state index contributed by atoms with van der Waals surface area (Å²) in [5.41, 5.74) is 0.792. The molecule has 0 saturated carbocycles. The Balaban J connectivity index is 2.02. The number of urea groups is 1. The fourth-order valence-electron chi connectivity index (χ4n) is 1.83. The standard InChI is InChI=1S/C15H16N2O5S/c1-2-22-13-8-6-11(7-9-13)16-15(18)17-12-4-3-5-14(10-12)23(19,20)21/h3-10H,2H2,1H3,(H2,16,17,18)(H,19,20,21). The molecule has 0 radical (unpaired) electrons. The van der Waals surface area contributed by atoms with Gasteiger partial charge >= 0.3 is 6.03 Å². The van der Waals surface area contributed by atoms with Gasteiger partial charge in [-0.1, -0.05) is 6.07 Å². The number of carbonyl (C=O) groups is 1. The molecule has 0 bridgehead atoms. The first-order valence-electron chi connectivity index (χ1n) is 6.77. The molecule has 0 aliphatic carbocycles. The van der Waals surface area contributed by atoms with Gasteiger partial charge < -0.3 is 15.4 Å². The lowest BCUT2D eigenvalue weighted by molar-refractivity contribution is 0.262. The molecule has 7 nitrogen and oxygen atoms in total. The molecular formula is C15H16N2O5S. The van der Waals surface area contributed by atoms with Crippen molar-refractivity contribution in [2.45, 2.75) is 11.8 Å². The number of rotatable bonds is 5. The van der Waals surface area contributed by atoms with Crippen molar-refractivity contribution in [3.63, 3.8) is 0 Å². The Hall–Kier alpha value is -2.58. The Morgan fingerprint density at radius 2 is 1.74 bits per heavy atom. The first-order valence-corrected chi connectivity index (χ1v) is 8.21. The topological polar surface area (TPSA) is 105 Å². The zero-order valence-corrected chi connectivity index (χ0v) is 13.1. The smallest absolute Gasteiger partial charge is 0.323 e. The van der Waals surface area contributed by atoms with E-state index in [4.69, 9.17) is 9.29 Å². The van der Waals surface area contributed by atoms with Crippen molar-refractivity contribution in [2.75, 3.05) is 17.2 Å². The van der Waals surface area contributed by atoms with E-state index in [0.29, 0.717) is 18.0 Å². The number of ether oxygens (including phenoxy) is 1. The molecular weight excluding hydrogens is 320 g/mol. The number of amides is 2. The molecule has 0 aliphatic heterocycles. The van der Waals surface area contributed by atoms with Crippen molar-refractivity contribution in [1.82, 2.24) is 0 Å². The second-order valence-corrected chi connectivity index (χ2v) is 5.96. The molecule has 2 amide bonds. The minimum absolute atomic E-state index is 0.239. The van der Waals surface area contributed by atoms with E-state index in [1.54, 1.807) is 24.3 Å².